The molecule has 108 valence electrons. The molecule has 0 bridgehead atoms. The van der Waals surface area contributed by atoms with Gasteiger partial charge in [0, 0.05) is 24.8 Å². The fraction of sp³-hybridized carbons (Fsp3) is 0.0714. The van der Waals surface area contributed by atoms with Crippen molar-refractivity contribution in [2.45, 2.75) is 0 Å². The van der Waals surface area contributed by atoms with E-state index >= 15 is 0 Å². The second kappa shape index (κ2) is 5.41. The monoisotopic (exact) mass is 304 g/mol. The number of pyridine rings is 2. The number of halogens is 1. The summed E-state index contributed by atoms with van der Waals surface area (Å²) in [6.07, 6.45) is 2.81. The number of carbonyl (C=O) groups is 1. The summed E-state index contributed by atoms with van der Waals surface area (Å²) in [7, 11) is 1.30. The molecule has 6 nitrogen and oxygen atoms in total. The summed E-state index contributed by atoms with van der Waals surface area (Å²) in [5, 5.41) is 3.94. The van der Waals surface area contributed by atoms with Gasteiger partial charge in [-0.2, -0.15) is 0 Å². The number of rotatable bonds is 2. The summed E-state index contributed by atoms with van der Waals surface area (Å²) in [6.45, 7) is 0. The van der Waals surface area contributed by atoms with Gasteiger partial charge < -0.3 is 9.72 Å². The highest BCUT2D eigenvalue weighted by molar-refractivity contribution is 6.31. The molecular formula is C14H13ClN4O2. The van der Waals surface area contributed by atoms with Gasteiger partial charge in [0.15, 0.2) is 0 Å². The Balaban J connectivity index is 0.00000176. The van der Waals surface area contributed by atoms with Crippen molar-refractivity contribution < 1.29 is 11.0 Å². The molecule has 3 rings (SSSR count). The normalized spacial score (nSPS) is 10.6. The molecule has 0 aliphatic heterocycles. The Kier molecular flexibility index (Phi) is 3.45. The van der Waals surface area contributed by atoms with Crippen LogP contribution in [-0.2, 0) is 4.74 Å². The minimum Gasteiger partial charge on any atom is -0.453 e. The van der Waals surface area contributed by atoms with Crippen LogP contribution in [0.25, 0.3) is 22.3 Å². The quantitative estimate of drug-likeness (QED) is 0.756. The molecule has 3 aromatic heterocycles. The maximum atomic E-state index is 11.2. The van der Waals surface area contributed by atoms with Crippen molar-refractivity contribution in [2.24, 2.45) is 0 Å². The average molecular weight is 305 g/mol. The second-order valence-corrected chi connectivity index (χ2v) is 4.71. The Bertz CT molecular complexity index is 821. The van der Waals surface area contributed by atoms with E-state index in [9.17, 15) is 4.79 Å². The highest BCUT2D eigenvalue weighted by Gasteiger charge is 2.10. The third-order valence-electron chi connectivity index (χ3n) is 2.94. The lowest BCUT2D eigenvalue weighted by Crippen LogP contribution is -2.12. The molecular weight excluding hydrogens is 292 g/mol. The van der Waals surface area contributed by atoms with E-state index in [2.05, 4.69) is 25.0 Å². The fourth-order valence-electron chi connectivity index (χ4n) is 2.00. The summed E-state index contributed by atoms with van der Waals surface area (Å²) in [5.41, 5.74) is 2.27. The Hall–Kier alpha value is -2.60. The molecule has 3 heterocycles. The Morgan fingerprint density at radius 1 is 1.48 bits per heavy atom. The lowest BCUT2D eigenvalue weighted by Gasteiger charge is -2.05. The van der Waals surface area contributed by atoms with Crippen molar-refractivity contribution in [2.75, 3.05) is 12.4 Å². The summed E-state index contributed by atoms with van der Waals surface area (Å²) in [4.78, 5) is 22.9. The molecule has 0 spiro atoms. The summed E-state index contributed by atoms with van der Waals surface area (Å²) < 4.78 is 4.55. The lowest BCUT2D eigenvalue weighted by molar-refractivity contribution is 0.187. The SMILES string of the molecule is COC(=O)Nc1cccc(-c2c[nH]c3ncc(Cl)cc23)n1.[HH]. The van der Waals surface area contributed by atoms with Gasteiger partial charge in [0.1, 0.15) is 11.5 Å². The van der Waals surface area contributed by atoms with Gasteiger partial charge in [0.05, 0.1) is 17.8 Å². The molecule has 0 saturated carbocycles. The van der Waals surface area contributed by atoms with Crippen molar-refractivity contribution in [3.8, 4) is 11.3 Å². The average Bonchev–Trinajstić information content (AvgIpc) is 2.90. The minimum absolute atomic E-state index is 0. The zero-order valence-corrected chi connectivity index (χ0v) is 11.8. The third kappa shape index (κ3) is 2.66. The highest BCUT2D eigenvalue weighted by atomic mass is 35.5. The van der Waals surface area contributed by atoms with Crippen LogP contribution in [0.3, 0.4) is 0 Å². The smallest absolute Gasteiger partial charge is 0.412 e. The molecule has 0 aliphatic carbocycles. The summed E-state index contributed by atoms with van der Waals surface area (Å²) in [6, 6.07) is 7.13. The highest BCUT2D eigenvalue weighted by Crippen LogP contribution is 2.28. The third-order valence-corrected chi connectivity index (χ3v) is 3.14. The zero-order valence-electron chi connectivity index (χ0n) is 11.1. The van der Waals surface area contributed by atoms with E-state index in [4.69, 9.17) is 11.6 Å². The van der Waals surface area contributed by atoms with Gasteiger partial charge in [-0.15, -0.1) is 0 Å². The number of ether oxygens (including phenoxy) is 1. The van der Waals surface area contributed by atoms with Gasteiger partial charge in [-0.1, -0.05) is 17.7 Å². The van der Waals surface area contributed by atoms with Gasteiger partial charge in [-0.05, 0) is 18.2 Å². The van der Waals surface area contributed by atoms with Crippen LogP contribution in [0.5, 0.6) is 0 Å². The maximum absolute atomic E-state index is 11.2. The molecule has 7 heteroatoms. The number of aromatic nitrogens is 3. The number of hydrogen-bond donors (Lipinski definition) is 2. The number of nitrogens with zero attached hydrogens (tertiary/aromatic N) is 2. The van der Waals surface area contributed by atoms with Crippen molar-refractivity contribution >= 4 is 34.5 Å². The first kappa shape index (κ1) is 13.4. The number of aromatic amines is 1. The molecule has 2 N–H and O–H groups in total. The Morgan fingerprint density at radius 3 is 3.14 bits per heavy atom. The number of amides is 1. The standard InChI is InChI=1S/C14H11ClN4O2.H2/c1-21-14(20)19-12-4-2-3-11(18-12)10-7-17-13-9(10)5-8(15)6-16-13;/h2-7H,1H3,(H,16,17)(H,18,19,20);1H. The van der Waals surface area contributed by atoms with Gasteiger partial charge in [0.25, 0.3) is 0 Å². The van der Waals surface area contributed by atoms with Crippen LogP contribution in [0.15, 0.2) is 36.7 Å². The van der Waals surface area contributed by atoms with Gasteiger partial charge in [-0.3, -0.25) is 5.32 Å². The van der Waals surface area contributed by atoms with Gasteiger partial charge in [0.2, 0.25) is 0 Å². The molecule has 0 fully saturated rings. The van der Waals surface area contributed by atoms with E-state index in [1.807, 2.05) is 12.1 Å². The molecule has 3 aromatic rings. The van der Waals surface area contributed by atoms with Crippen LogP contribution in [0.1, 0.15) is 1.43 Å². The topological polar surface area (TPSA) is 79.9 Å². The molecule has 0 aromatic carbocycles. The number of methoxy groups -OCH3 is 1. The number of H-pyrrole nitrogens is 1. The number of hydrogen-bond acceptors (Lipinski definition) is 4. The summed E-state index contributed by atoms with van der Waals surface area (Å²) in [5.74, 6) is 0.406. The molecule has 0 aliphatic rings. The number of carbonyl (C=O) groups excluding carboxylic acids is 1. The number of anilines is 1. The number of nitrogens with one attached hydrogen (secondary N) is 2. The number of fused-ring (bicyclic) bond motifs is 1. The predicted octanol–water partition coefficient (Wildman–Crippen LogP) is 3.70. The Morgan fingerprint density at radius 2 is 2.33 bits per heavy atom. The van der Waals surface area contributed by atoms with Crippen LogP contribution in [0, 0.1) is 0 Å². The van der Waals surface area contributed by atoms with Crippen LogP contribution in [0.4, 0.5) is 10.6 Å². The molecule has 0 saturated heterocycles. The molecule has 0 unspecified atom stereocenters. The van der Waals surface area contributed by atoms with E-state index in [1.165, 1.54) is 7.11 Å². The predicted molar refractivity (Wildman–Crippen MR) is 82.5 cm³/mol. The summed E-state index contributed by atoms with van der Waals surface area (Å²) >= 11 is 5.98. The van der Waals surface area contributed by atoms with E-state index in [0.29, 0.717) is 16.5 Å². The maximum Gasteiger partial charge on any atom is 0.412 e. The van der Waals surface area contributed by atoms with Crippen molar-refractivity contribution in [1.82, 2.24) is 15.0 Å². The van der Waals surface area contributed by atoms with E-state index < -0.39 is 6.09 Å². The van der Waals surface area contributed by atoms with Crippen LogP contribution in [-0.4, -0.2) is 28.2 Å². The zero-order chi connectivity index (χ0) is 14.8. The largest absolute Gasteiger partial charge is 0.453 e. The van der Waals surface area contributed by atoms with Gasteiger partial charge >= 0.3 is 6.09 Å². The lowest BCUT2D eigenvalue weighted by atomic mass is 10.1. The van der Waals surface area contributed by atoms with E-state index in [-0.39, 0.29) is 1.43 Å². The Labute approximate surface area is 126 Å². The molecule has 1 amide bonds. The molecule has 21 heavy (non-hydrogen) atoms. The van der Waals surface area contributed by atoms with Gasteiger partial charge in [-0.25, -0.2) is 14.8 Å². The molecule has 0 radical (unpaired) electrons. The first-order valence-electron chi connectivity index (χ1n) is 6.12. The molecule has 0 atom stereocenters. The fourth-order valence-corrected chi connectivity index (χ4v) is 2.16. The minimum atomic E-state index is -0.566. The van der Waals surface area contributed by atoms with Crippen molar-refractivity contribution in [3.63, 3.8) is 0 Å². The first-order chi connectivity index (χ1) is 10.2. The second-order valence-electron chi connectivity index (χ2n) is 4.28. The first-order valence-corrected chi connectivity index (χ1v) is 6.50. The van der Waals surface area contributed by atoms with Crippen LogP contribution >= 0.6 is 11.6 Å². The van der Waals surface area contributed by atoms with Crippen LogP contribution < -0.4 is 5.32 Å². The van der Waals surface area contributed by atoms with Crippen molar-refractivity contribution in [3.05, 3.63) is 41.7 Å². The van der Waals surface area contributed by atoms with E-state index in [1.54, 1.807) is 24.5 Å². The van der Waals surface area contributed by atoms with Crippen LogP contribution in [0.2, 0.25) is 5.02 Å². The van der Waals surface area contributed by atoms with Crippen molar-refractivity contribution in [1.29, 1.82) is 0 Å². The van der Waals surface area contributed by atoms with E-state index in [0.717, 1.165) is 16.6 Å².